The average Bonchev–Trinajstić information content (AvgIpc) is 2.93. The van der Waals surface area contributed by atoms with Crippen LogP contribution in [0, 0.1) is 5.82 Å². The van der Waals surface area contributed by atoms with Gasteiger partial charge in [0, 0.05) is 12.4 Å². The van der Waals surface area contributed by atoms with Crippen molar-refractivity contribution in [3.63, 3.8) is 0 Å². The summed E-state index contributed by atoms with van der Waals surface area (Å²) in [5.41, 5.74) is 1.95. The van der Waals surface area contributed by atoms with Crippen LogP contribution in [0.4, 0.5) is 10.3 Å². The zero-order valence-corrected chi connectivity index (χ0v) is 14.0. The number of benzene rings is 2. The van der Waals surface area contributed by atoms with Gasteiger partial charge in [0.25, 0.3) is 11.9 Å². The number of aryl methyl sites for hydroxylation is 1. The maximum atomic E-state index is 13.7. The molecule has 7 nitrogen and oxygen atoms in total. The van der Waals surface area contributed by atoms with E-state index in [1.807, 2.05) is 29.8 Å². The number of ether oxygens (including phenoxy) is 1. The molecule has 2 aromatic heterocycles. The van der Waals surface area contributed by atoms with E-state index < -0.39 is 11.7 Å². The van der Waals surface area contributed by atoms with E-state index in [-0.39, 0.29) is 11.5 Å². The fraction of sp³-hybridized carbons (Fsp3) is 0.111. The van der Waals surface area contributed by atoms with Crippen molar-refractivity contribution < 1.29 is 13.9 Å². The number of anilines is 1. The Labute approximate surface area is 147 Å². The third-order valence-electron chi connectivity index (χ3n) is 4.15. The summed E-state index contributed by atoms with van der Waals surface area (Å²) in [6, 6.07) is 11.3. The van der Waals surface area contributed by atoms with Gasteiger partial charge in [-0.2, -0.15) is 4.98 Å². The fourth-order valence-corrected chi connectivity index (χ4v) is 2.83. The van der Waals surface area contributed by atoms with Crippen LogP contribution < -0.4 is 10.1 Å². The van der Waals surface area contributed by atoms with Crippen LogP contribution in [-0.4, -0.2) is 32.8 Å². The molecule has 1 amide bonds. The van der Waals surface area contributed by atoms with Crippen LogP contribution in [0.3, 0.4) is 0 Å². The summed E-state index contributed by atoms with van der Waals surface area (Å²) in [7, 11) is 3.43. The second-order valence-electron chi connectivity index (χ2n) is 5.68. The number of nitrogens with one attached hydrogen (secondary N) is 1. The third kappa shape index (κ3) is 2.52. The Hall–Kier alpha value is -3.55. The van der Waals surface area contributed by atoms with Gasteiger partial charge in [-0.3, -0.25) is 10.1 Å². The molecule has 4 aromatic rings. The molecule has 26 heavy (non-hydrogen) atoms. The molecule has 0 spiro atoms. The summed E-state index contributed by atoms with van der Waals surface area (Å²) in [5, 5.41) is 11.5. The Morgan fingerprint density at radius 3 is 2.77 bits per heavy atom. The van der Waals surface area contributed by atoms with E-state index in [1.54, 1.807) is 13.2 Å². The first-order chi connectivity index (χ1) is 12.6. The van der Waals surface area contributed by atoms with Crippen molar-refractivity contribution in [3.05, 3.63) is 53.8 Å². The zero-order valence-electron chi connectivity index (χ0n) is 14.0. The Balaban J connectivity index is 1.76. The van der Waals surface area contributed by atoms with Crippen molar-refractivity contribution in [3.8, 4) is 5.75 Å². The molecule has 0 atom stereocenters. The van der Waals surface area contributed by atoms with Crippen molar-refractivity contribution in [2.75, 3.05) is 12.4 Å². The molecule has 4 rings (SSSR count). The van der Waals surface area contributed by atoms with Crippen LogP contribution in [-0.2, 0) is 7.05 Å². The van der Waals surface area contributed by atoms with Gasteiger partial charge < -0.3 is 9.30 Å². The number of halogens is 1. The Bertz CT molecular complexity index is 1160. The van der Waals surface area contributed by atoms with Crippen molar-refractivity contribution >= 4 is 33.9 Å². The number of carbonyl (C=O) groups is 1. The molecule has 0 aliphatic carbocycles. The fourth-order valence-electron chi connectivity index (χ4n) is 2.83. The number of carbonyl (C=O) groups excluding carboxylic acids is 1. The quantitative estimate of drug-likeness (QED) is 0.614. The number of hydrogen-bond donors (Lipinski definition) is 1. The first-order valence-electron chi connectivity index (χ1n) is 7.81. The van der Waals surface area contributed by atoms with E-state index in [2.05, 4.69) is 20.5 Å². The van der Waals surface area contributed by atoms with Gasteiger partial charge in [-0.1, -0.05) is 12.1 Å². The minimum atomic E-state index is -0.635. The number of aromatic nitrogens is 4. The molecule has 0 radical (unpaired) electrons. The molecule has 1 N–H and O–H groups in total. The van der Waals surface area contributed by atoms with Gasteiger partial charge in [-0.15, -0.1) is 10.2 Å². The van der Waals surface area contributed by atoms with Gasteiger partial charge in [-0.25, -0.2) is 4.39 Å². The van der Waals surface area contributed by atoms with Crippen LogP contribution in [0.15, 0.2) is 42.5 Å². The highest BCUT2D eigenvalue weighted by atomic mass is 19.1. The number of fused-ring (bicyclic) bond motifs is 3. The number of methoxy groups -OCH3 is 1. The molecule has 2 heterocycles. The summed E-state index contributed by atoms with van der Waals surface area (Å²) in [6.07, 6.45) is 0. The molecule has 8 heteroatoms. The standard InChI is InChI=1S/C18H14FN5O2/c1-24-14-8-7-10(26-2)9-12(14)15-16(24)20-18(23-22-15)21-17(25)11-5-3-4-6-13(11)19/h3-9H,1-2H3,(H,20,21,23,25). The number of hydrogen-bond acceptors (Lipinski definition) is 5. The van der Waals surface area contributed by atoms with Gasteiger partial charge in [0.05, 0.1) is 18.2 Å². The smallest absolute Gasteiger partial charge is 0.261 e. The van der Waals surface area contributed by atoms with Crippen LogP contribution in [0.5, 0.6) is 5.75 Å². The molecule has 0 aliphatic rings. The summed E-state index contributed by atoms with van der Waals surface area (Å²) >= 11 is 0. The zero-order chi connectivity index (χ0) is 18.3. The first-order valence-corrected chi connectivity index (χ1v) is 7.81. The Morgan fingerprint density at radius 2 is 2.00 bits per heavy atom. The van der Waals surface area contributed by atoms with E-state index in [0.29, 0.717) is 16.9 Å². The molecule has 2 aromatic carbocycles. The number of amides is 1. The lowest BCUT2D eigenvalue weighted by Gasteiger charge is -2.04. The predicted molar refractivity (Wildman–Crippen MR) is 94.7 cm³/mol. The summed E-state index contributed by atoms with van der Waals surface area (Å²) in [4.78, 5) is 16.6. The summed E-state index contributed by atoms with van der Waals surface area (Å²) in [6.45, 7) is 0. The van der Waals surface area contributed by atoms with Crippen molar-refractivity contribution in [1.82, 2.24) is 19.7 Å². The summed E-state index contributed by atoms with van der Waals surface area (Å²) < 4.78 is 20.8. The lowest BCUT2D eigenvalue weighted by molar-refractivity contribution is 0.102. The highest BCUT2D eigenvalue weighted by molar-refractivity contribution is 6.06. The van der Waals surface area contributed by atoms with Gasteiger partial charge in [0.2, 0.25) is 0 Å². The van der Waals surface area contributed by atoms with E-state index in [9.17, 15) is 9.18 Å². The Kier molecular flexibility index (Phi) is 3.72. The normalized spacial score (nSPS) is 11.0. The predicted octanol–water partition coefficient (Wildman–Crippen LogP) is 2.92. The van der Waals surface area contributed by atoms with Gasteiger partial charge in [0.1, 0.15) is 17.1 Å². The minimum Gasteiger partial charge on any atom is -0.497 e. The van der Waals surface area contributed by atoms with Gasteiger partial charge >= 0.3 is 0 Å². The molecule has 130 valence electrons. The molecule has 0 fully saturated rings. The second kappa shape index (κ2) is 6.07. The van der Waals surface area contributed by atoms with Crippen LogP contribution in [0.1, 0.15) is 10.4 Å². The van der Waals surface area contributed by atoms with Crippen molar-refractivity contribution in [2.45, 2.75) is 0 Å². The van der Waals surface area contributed by atoms with E-state index in [4.69, 9.17) is 4.74 Å². The average molecular weight is 351 g/mol. The van der Waals surface area contributed by atoms with Gasteiger partial charge in [-0.05, 0) is 30.3 Å². The maximum absolute atomic E-state index is 13.7. The van der Waals surface area contributed by atoms with Crippen LogP contribution in [0.25, 0.3) is 22.1 Å². The molecule has 0 unspecified atom stereocenters. The third-order valence-corrected chi connectivity index (χ3v) is 4.15. The molecule has 0 bridgehead atoms. The number of rotatable bonds is 3. The van der Waals surface area contributed by atoms with E-state index in [0.717, 1.165) is 10.9 Å². The first kappa shape index (κ1) is 15.9. The van der Waals surface area contributed by atoms with E-state index in [1.165, 1.54) is 18.2 Å². The second-order valence-corrected chi connectivity index (χ2v) is 5.68. The highest BCUT2D eigenvalue weighted by Crippen LogP contribution is 2.28. The van der Waals surface area contributed by atoms with Gasteiger partial charge in [0.15, 0.2) is 5.65 Å². The monoisotopic (exact) mass is 351 g/mol. The molecule has 0 saturated heterocycles. The summed E-state index contributed by atoms with van der Waals surface area (Å²) in [5.74, 6) is -0.548. The molecule has 0 saturated carbocycles. The molecular formula is C18H14FN5O2. The number of nitrogens with zero attached hydrogens (tertiary/aromatic N) is 4. The SMILES string of the molecule is COc1ccc2c(c1)c1nnc(NC(=O)c3ccccc3F)nc1n2C. The topological polar surface area (TPSA) is 81.9 Å². The largest absolute Gasteiger partial charge is 0.497 e. The minimum absolute atomic E-state index is 0.00336. The maximum Gasteiger partial charge on any atom is 0.261 e. The van der Waals surface area contributed by atoms with Crippen LogP contribution in [0.2, 0.25) is 0 Å². The molecular weight excluding hydrogens is 337 g/mol. The Morgan fingerprint density at radius 1 is 1.19 bits per heavy atom. The van der Waals surface area contributed by atoms with Crippen molar-refractivity contribution in [1.29, 1.82) is 0 Å². The lowest BCUT2D eigenvalue weighted by atomic mass is 10.2. The van der Waals surface area contributed by atoms with Crippen LogP contribution >= 0.6 is 0 Å². The molecule has 0 aliphatic heterocycles. The highest BCUT2D eigenvalue weighted by Gasteiger charge is 2.16. The van der Waals surface area contributed by atoms with E-state index >= 15 is 0 Å². The lowest BCUT2D eigenvalue weighted by Crippen LogP contribution is -2.16. The van der Waals surface area contributed by atoms with Crippen molar-refractivity contribution in [2.24, 2.45) is 7.05 Å².